The first-order valence-electron chi connectivity index (χ1n) is 9.52. The summed E-state index contributed by atoms with van der Waals surface area (Å²) in [6.45, 7) is 10.2. The molecule has 0 saturated carbocycles. The predicted molar refractivity (Wildman–Crippen MR) is 112 cm³/mol. The fourth-order valence-corrected chi connectivity index (χ4v) is 5.32. The first-order chi connectivity index (χ1) is 12.9. The summed E-state index contributed by atoms with van der Waals surface area (Å²) in [5.41, 5.74) is 1.98. The van der Waals surface area contributed by atoms with Crippen molar-refractivity contribution in [1.82, 2.24) is 14.5 Å². The maximum atomic E-state index is 12.2. The number of hydrogen-bond acceptors (Lipinski definition) is 6. The number of rotatable bonds is 7. The van der Waals surface area contributed by atoms with Gasteiger partial charge in [-0.05, 0) is 31.6 Å². The lowest BCUT2D eigenvalue weighted by atomic mass is 9.92. The summed E-state index contributed by atoms with van der Waals surface area (Å²) in [6.07, 6.45) is 2.33. The molecule has 1 amide bonds. The molecule has 0 unspecified atom stereocenters. The normalized spacial score (nSPS) is 20.7. The largest absolute Gasteiger partial charge is 0.307 e. The Labute approximate surface area is 168 Å². The SMILES string of the molecule is Cc1csc(=O)n1CCCC(=O)Nc1nc(CN2C[C@H](C)C[C@H](C)C2)cs1. The van der Waals surface area contributed by atoms with E-state index in [-0.39, 0.29) is 10.8 Å². The average Bonchev–Trinajstić information content (AvgIpc) is 3.14. The van der Waals surface area contributed by atoms with Gasteiger partial charge in [0.2, 0.25) is 5.91 Å². The minimum atomic E-state index is -0.0444. The van der Waals surface area contributed by atoms with Gasteiger partial charge in [-0.15, -0.1) is 11.3 Å². The molecule has 1 aliphatic heterocycles. The molecule has 1 N–H and O–H groups in total. The maximum Gasteiger partial charge on any atom is 0.307 e. The lowest BCUT2D eigenvalue weighted by Crippen LogP contribution is -2.38. The molecule has 3 rings (SSSR count). The van der Waals surface area contributed by atoms with Crippen molar-refractivity contribution in [2.75, 3.05) is 18.4 Å². The lowest BCUT2D eigenvalue weighted by Gasteiger charge is -2.34. The highest BCUT2D eigenvalue weighted by Gasteiger charge is 2.22. The third kappa shape index (κ3) is 5.73. The average molecular weight is 409 g/mol. The Morgan fingerprint density at radius 1 is 1.26 bits per heavy atom. The Morgan fingerprint density at radius 2 is 2.00 bits per heavy atom. The van der Waals surface area contributed by atoms with Gasteiger partial charge in [0.25, 0.3) is 0 Å². The van der Waals surface area contributed by atoms with Crippen LogP contribution in [0.4, 0.5) is 5.13 Å². The molecule has 2 atom stereocenters. The van der Waals surface area contributed by atoms with E-state index < -0.39 is 0 Å². The molecule has 1 aliphatic rings. The Hall–Kier alpha value is -1.51. The minimum absolute atomic E-state index is 0.0406. The van der Waals surface area contributed by atoms with Crippen LogP contribution in [0, 0.1) is 18.8 Å². The van der Waals surface area contributed by atoms with Crippen molar-refractivity contribution in [3.63, 3.8) is 0 Å². The molecular formula is C19H28N4O2S2. The van der Waals surface area contributed by atoms with Gasteiger partial charge in [-0.3, -0.25) is 14.5 Å². The molecule has 148 valence electrons. The summed E-state index contributed by atoms with van der Waals surface area (Å²) in [7, 11) is 0. The number of anilines is 1. The van der Waals surface area contributed by atoms with Crippen molar-refractivity contribution in [2.45, 2.75) is 53.1 Å². The third-order valence-electron chi connectivity index (χ3n) is 4.89. The summed E-state index contributed by atoms with van der Waals surface area (Å²) in [5.74, 6) is 1.41. The van der Waals surface area contributed by atoms with Gasteiger partial charge in [-0.2, -0.15) is 0 Å². The van der Waals surface area contributed by atoms with Crippen molar-refractivity contribution in [3.8, 4) is 0 Å². The summed E-state index contributed by atoms with van der Waals surface area (Å²) in [4.78, 5) is 30.9. The summed E-state index contributed by atoms with van der Waals surface area (Å²) in [6, 6.07) is 0. The molecule has 0 bridgehead atoms. The fourth-order valence-electron chi connectivity index (χ4n) is 3.84. The van der Waals surface area contributed by atoms with Gasteiger partial charge in [0.15, 0.2) is 5.13 Å². The van der Waals surface area contributed by atoms with E-state index in [4.69, 9.17) is 0 Å². The molecule has 0 aliphatic carbocycles. The number of carbonyl (C=O) groups is 1. The number of aromatic nitrogens is 2. The number of carbonyl (C=O) groups excluding carboxylic acids is 1. The van der Waals surface area contributed by atoms with E-state index in [2.05, 4.69) is 29.0 Å². The second kappa shape index (κ2) is 9.12. The monoisotopic (exact) mass is 408 g/mol. The predicted octanol–water partition coefficient (Wildman–Crippen LogP) is 3.57. The third-order valence-corrected chi connectivity index (χ3v) is 6.58. The zero-order chi connectivity index (χ0) is 19.4. The van der Waals surface area contributed by atoms with Gasteiger partial charge >= 0.3 is 4.87 Å². The topological polar surface area (TPSA) is 67.2 Å². The highest BCUT2D eigenvalue weighted by Crippen LogP contribution is 2.24. The van der Waals surface area contributed by atoms with Crippen LogP contribution in [0.3, 0.4) is 0 Å². The molecule has 2 aromatic heterocycles. The van der Waals surface area contributed by atoms with Crippen LogP contribution >= 0.6 is 22.7 Å². The van der Waals surface area contributed by atoms with Crippen LogP contribution in [-0.4, -0.2) is 33.4 Å². The molecule has 2 aromatic rings. The Bertz CT molecular complexity index is 816. The number of nitrogens with zero attached hydrogens (tertiary/aromatic N) is 3. The van der Waals surface area contributed by atoms with Crippen LogP contribution < -0.4 is 10.2 Å². The molecule has 0 radical (unpaired) electrons. The van der Waals surface area contributed by atoms with E-state index in [1.807, 2.05) is 17.7 Å². The van der Waals surface area contributed by atoms with Crippen LogP contribution in [0.25, 0.3) is 0 Å². The molecule has 3 heterocycles. The van der Waals surface area contributed by atoms with Crippen LogP contribution in [-0.2, 0) is 17.9 Å². The van der Waals surface area contributed by atoms with Gasteiger partial charge < -0.3 is 9.88 Å². The Morgan fingerprint density at radius 3 is 2.67 bits per heavy atom. The molecule has 1 saturated heterocycles. The number of amides is 1. The molecular weight excluding hydrogens is 380 g/mol. The zero-order valence-corrected chi connectivity index (χ0v) is 17.9. The number of likely N-dealkylation sites (tertiary alicyclic amines) is 1. The van der Waals surface area contributed by atoms with E-state index >= 15 is 0 Å². The Balaban J connectivity index is 1.44. The molecule has 0 spiro atoms. The standard InChI is InChI=1S/C19H28N4O2S2/c1-13-7-14(2)9-22(8-13)10-16-12-26-18(20-16)21-17(24)5-4-6-23-15(3)11-27-19(23)25/h11-14H,4-10H2,1-3H3,(H,20,21,24)/t13-,14+. The minimum Gasteiger partial charge on any atom is -0.303 e. The highest BCUT2D eigenvalue weighted by atomic mass is 32.1. The highest BCUT2D eigenvalue weighted by molar-refractivity contribution is 7.13. The second-order valence-corrected chi connectivity index (χ2v) is 9.41. The van der Waals surface area contributed by atoms with E-state index in [1.54, 1.807) is 4.57 Å². The number of nitrogens with one attached hydrogen (secondary N) is 1. The van der Waals surface area contributed by atoms with E-state index in [0.29, 0.717) is 24.5 Å². The van der Waals surface area contributed by atoms with E-state index in [9.17, 15) is 9.59 Å². The summed E-state index contributed by atoms with van der Waals surface area (Å²) in [5, 5.41) is 7.44. The van der Waals surface area contributed by atoms with Gasteiger partial charge in [-0.1, -0.05) is 25.2 Å². The smallest absolute Gasteiger partial charge is 0.303 e. The summed E-state index contributed by atoms with van der Waals surface area (Å²) < 4.78 is 1.72. The number of thiazole rings is 2. The van der Waals surface area contributed by atoms with Gasteiger partial charge in [0.05, 0.1) is 5.69 Å². The first-order valence-corrected chi connectivity index (χ1v) is 11.3. The van der Waals surface area contributed by atoms with Gasteiger partial charge in [-0.25, -0.2) is 4.98 Å². The zero-order valence-electron chi connectivity index (χ0n) is 16.2. The number of piperidine rings is 1. The summed E-state index contributed by atoms with van der Waals surface area (Å²) >= 11 is 2.68. The quantitative estimate of drug-likeness (QED) is 0.760. The molecule has 8 heteroatoms. The van der Waals surface area contributed by atoms with Crippen molar-refractivity contribution < 1.29 is 4.79 Å². The lowest BCUT2D eigenvalue weighted by molar-refractivity contribution is -0.116. The first kappa shape index (κ1) is 20.2. The van der Waals surface area contributed by atoms with Crippen LogP contribution in [0.2, 0.25) is 0 Å². The van der Waals surface area contributed by atoms with Gasteiger partial charge in [0, 0.05) is 49.1 Å². The van der Waals surface area contributed by atoms with Crippen molar-refractivity contribution >= 4 is 33.7 Å². The van der Waals surface area contributed by atoms with Crippen LogP contribution in [0.15, 0.2) is 15.6 Å². The Kier molecular flexibility index (Phi) is 6.83. The molecule has 1 fully saturated rings. The maximum absolute atomic E-state index is 12.2. The van der Waals surface area contributed by atoms with Crippen molar-refractivity contribution in [2.24, 2.45) is 11.8 Å². The second-order valence-electron chi connectivity index (χ2n) is 7.73. The van der Waals surface area contributed by atoms with E-state index in [1.165, 1.54) is 29.1 Å². The molecule has 27 heavy (non-hydrogen) atoms. The van der Waals surface area contributed by atoms with Crippen molar-refractivity contribution in [3.05, 3.63) is 31.8 Å². The van der Waals surface area contributed by atoms with Crippen LogP contribution in [0.1, 0.15) is 44.5 Å². The molecule has 0 aromatic carbocycles. The number of aryl methyl sites for hydroxylation is 1. The van der Waals surface area contributed by atoms with E-state index in [0.717, 1.165) is 42.9 Å². The van der Waals surface area contributed by atoms with Crippen LogP contribution in [0.5, 0.6) is 0 Å². The van der Waals surface area contributed by atoms with Gasteiger partial charge in [0.1, 0.15) is 0 Å². The number of hydrogen-bond donors (Lipinski definition) is 1. The fraction of sp³-hybridized carbons (Fsp3) is 0.632. The molecule has 6 nitrogen and oxygen atoms in total. The van der Waals surface area contributed by atoms with Crippen molar-refractivity contribution in [1.29, 1.82) is 0 Å².